The van der Waals surface area contributed by atoms with Crippen LogP contribution in [-0.4, -0.2) is 4.98 Å². The van der Waals surface area contributed by atoms with Gasteiger partial charge in [-0.1, -0.05) is 12.1 Å². The first-order valence-electron chi connectivity index (χ1n) is 5.14. The maximum Gasteiger partial charge on any atom is 0.0346 e. The van der Waals surface area contributed by atoms with Crippen molar-refractivity contribution in [2.75, 3.05) is 5.73 Å². The summed E-state index contributed by atoms with van der Waals surface area (Å²) >= 11 is 1.80. The third-order valence-corrected chi connectivity index (χ3v) is 3.59. The highest BCUT2D eigenvalue weighted by atomic mass is 32.2. The van der Waals surface area contributed by atoms with Crippen LogP contribution in [0, 0.1) is 6.92 Å². The zero-order chi connectivity index (χ0) is 11.4. The molecule has 1 heterocycles. The van der Waals surface area contributed by atoms with Crippen molar-refractivity contribution in [1.29, 1.82) is 0 Å². The molecule has 0 unspecified atom stereocenters. The van der Waals surface area contributed by atoms with E-state index in [1.54, 1.807) is 11.8 Å². The lowest BCUT2D eigenvalue weighted by molar-refractivity contribution is 1.25. The molecule has 2 N–H and O–H groups in total. The molecule has 0 aliphatic rings. The first-order chi connectivity index (χ1) is 7.77. The second-order valence-corrected chi connectivity index (χ2v) is 4.65. The Labute approximate surface area is 99.9 Å². The van der Waals surface area contributed by atoms with Gasteiger partial charge in [-0.2, -0.15) is 0 Å². The summed E-state index contributed by atoms with van der Waals surface area (Å²) in [5.74, 6) is 0.945. The maximum absolute atomic E-state index is 5.87. The fourth-order valence-electron chi connectivity index (χ4n) is 1.46. The Morgan fingerprint density at radius 1 is 1.19 bits per heavy atom. The van der Waals surface area contributed by atoms with Crippen molar-refractivity contribution in [3.05, 3.63) is 53.9 Å². The van der Waals surface area contributed by atoms with E-state index in [1.807, 2.05) is 36.7 Å². The molecule has 0 amide bonds. The summed E-state index contributed by atoms with van der Waals surface area (Å²) in [6.45, 7) is 2.07. The van der Waals surface area contributed by atoms with E-state index in [1.165, 1.54) is 16.0 Å². The maximum atomic E-state index is 5.87. The van der Waals surface area contributed by atoms with Gasteiger partial charge in [0.2, 0.25) is 0 Å². The van der Waals surface area contributed by atoms with E-state index < -0.39 is 0 Å². The van der Waals surface area contributed by atoms with Gasteiger partial charge in [0.25, 0.3) is 0 Å². The predicted molar refractivity (Wildman–Crippen MR) is 69.4 cm³/mol. The SMILES string of the molecule is Cc1c(N)cccc1CSc1ccncc1. The summed E-state index contributed by atoms with van der Waals surface area (Å²) in [6.07, 6.45) is 3.63. The molecule has 0 aliphatic carbocycles. The summed E-state index contributed by atoms with van der Waals surface area (Å²) in [5, 5.41) is 0. The van der Waals surface area contributed by atoms with Crippen molar-refractivity contribution >= 4 is 17.4 Å². The minimum Gasteiger partial charge on any atom is -0.399 e. The first-order valence-corrected chi connectivity index (χ1v) is 6.13. The van der Waals surface area contributed by atoms with Gasteiger partial charge in [0.1, 0.15) is 0 Å². The highest BCUT2D eigenvalue weighted by Crippen LogP contribution is 2.25. The summed E-state index contributed by atoms with van der Waals surface area (Å²) in [6, 6.07) is 10.1. The van der Waals surface area contributed by atoms with Crippen molar-refractivity contribution < 1.29 is 0 Å². The molecule has 82 valence electrons. The molecule has 1 aromatic heterocycles. The fraction of sp³-hybridized carbons (Fsp3) is 0.154. The molecule has 1 aromatic carbocycles. The van der Waals surface area contributed by atoms with Crippen molar-refractivity contribution in [3.8, 4) is 0 Å². The van der Waals surface area contributed by atoms with Crippen LogP contribution >= 0.6 is 11.8 Å². The molecule has 0 atom stereocenters. The summed E-state index contributed by atoms with van der Waals surface area (Å²) in [5.41, 5.74) is 9.22. The van der Waals surface area contributed by atoms with E-state index in [9.17, 15) is 0 Å². The Morgan fingerprint density at radius 3 is 2.69 bits per heavy atom. The van der Waals surface area contributed by atoms with E-state index >= 15 is 0 Å². The van der Waals surface area contributed by atoms with Gasteiger partial charge in [-0.15, -0.1) is 11.8 Å². The average Bonchev–Trinajstić information content (AvgIpc) is 2.32. The molecular formula is C13H14N2S. The van der Waals surface area contributed by atoms with Gasteiger partial charge in [0.05, 0.1) is 0 Å². The zero-order valence-electron chi connectivity index (χ0n) is 9.18. The van der Waals surface area contributed by atoms with Gasteiger partial charge in [-0.25, -0.2) is 0 Å². The molecule has 2 nitrogen and oxygen atoms in total. The van der Waals surface area contributed by atoms with E-state index in [4.69, 9.17) is 5.73 Å². The monoisotopic (exact) mass is 230 g/mol. The van der Waals surface area contributed by atoms with E-state index in [0.29, 0.717) is 0 Å². The van der Waals surface area contributed by atoms with Crippen LogP contribution < -0.4 is 5.73 Å². The molecule has 0 bridgehead atoms. The van der Waals surface area contributed by atoms with Gasteiger partial charge in [-0.05, 0) is 36.2 Å². The number of hydrogen-bond donors (Lipinski definition) is 1. The topological polar surface area (TPSA) is 38.9 Å². The summed E-state index contributed by atoms with van der Waals surface area (Å²) < 4.78 is 0. The number of anilines is 1. The number of rotatable bonds is 3. The number of nitrogens with zero attached hydrogens (tertiary/aromatic N) is 1. The van der Waals surface area contributed by atoms with Crippen LogP contribution in [-0.2, 0) is 5.75 Å². The normalized spacial score (nSPS) is 10.3. The van der Waals surface area contributed by atoms with Crippen molar-refractivity contribution in [2.24, 2.45) is 0 Å². The molecule has 0 aliphatic heterocycles. The third kappa shape index (κ3) is 2.55. The molecule has 16 heavy (non-hydrogen) atoms. The number of hydrogen-bond acceptors (Lipinski definition) is 3. The van der Waals surface area contributed by atoms with Crippen LogP contribution in [0.4, 0.5) is 5.69 Å². The molecule has 3 heteroatoms. The highest BCUT2D eigenvalue weighted by Gasteiger charge is 2.01. The molecular weight excluding hydrogens is 216 g/mol. The lowest BCUT2D eigenvalue weighted by Crippen LogP contribution is -1.93. The number of thioether (sulfide) groups is 1. The molecule has 0 saturated carbocycles. The van der Waals surface area contributed by atoms with Crippen LogP contribution in [0.2, 0.25) is 0 Å². The molecule has 0 fully saturated rings. The van der Waals surface area contributed by atoms with Crippen molar-refractivity contribution in [3.63, 3.8) is 0 Å². The molecule has 2 aromatic rings. The standard InChI is InChI=1S/C13H14N2S/c1-10-11(3-2-4-13(10)14)9-16-12-5-7-15-8-6-12/h2-8H,9,14H2,1H3. The van der Waals surface area contributed by atoms with Gasteiger partial charge in [0, 0.05) is 28.7 Å². The van der Waals surface area contributed by atoms with E-state index in [0.717, 1.165) is 11.4 Å². The molecule has 0 saturated heterocycles. The minimum absolute atomic E-state index is 0.868. The fourth-order valence-corrected chi connectivity index (χ4v) is 2.40. The van der Waals surface area contributed by atoms with Crippen molar-refractivity contribution in [1.82, 2.24) is 4.98 Å². The third-order valence-electron chi connectivity index (χ3n) is 2.53. The number of nitrogen functional groups attached to an aromatic ring is 1. The van der Waals surface area contributed by atoms with E-state index in [2.05, 4.69) is 18.0 Å². The predicted octanol–water partition coefficient (Wildman–Crippen LogP) is 3.26. The Hall–Kier alpha value is -1.48. The van der Waals surface area contributed by atoms with Crippen LogP contribution in [0.15, 0.2) is 47.6 Å². The lowest BCUT2D eigenvalue weighted by atomic mass is 10.1. The highest BCUT2D eigenvalue weighted by molar-refractivity contribution is 7.98. The quantitative estimate of drug-likeness (QED) is 0.649. The number of nitrogens with two attached hydrogens (primary N) is 1. The minimum atomic E-state index is 0.868. The number of pyridine rings is 1. The van der Waals surface area contributed by atoms with Gasteiger partial charge >= 0.3 is 0 Å². The Morgan fingerprint density at radius 2 is 1.94 bits per heavy atom. The second kappa shape index (κ2) is 5.03. The van der Waals surface area contributed by atoms with Crippen LogP contribution in [0.5, 0.6) is 0 Å². The number of aromatic nitrogens is 1. The Bertz CT molecular complexity index is 469. The van der Waals surface area contributed by atoms with Crippen LogP contribution in [0.25, 0.3) is 0 Å². The average molecular weight is 230 g/mol. The summed E-state index contributed by atoms with van der Waals surface area (Å²) in [7, 11) is 0. The van der Waals surface area contributed by atoms with Gasteiger partial charge in [-0.3, -0.25) is 4.98 Å². The number of benzene rings is 1. The molecule has 0 spiro atoms. The van der Waals surface area contributed by atoms with Crippen LogP contribution in [0.3, 0.4) is 0 Å². The second-order valence-electron chi connectivity index (χ2n) is 3.60. The van der Waals surface area contributed by atoms with Crippen molar-refractivity contribution in [2.45, 2.75) is 17.6 Å². The Kier molecular flexibility index (Phi) is 3.47. The van der Waals surface area contributed by atoms with Gasteiger partial charge < -0.3 is 5.73 Å². The summed E-state index contributed by atoms with van der Waals surface area (Å²) in [4.78, 5) is 5.23. The smallest absolute Gasteiger partial charge is 0.0346 e. The largest absolute Gasteiger partial charge is 0.399 e. The molecule has 0 radical (unpaired) electrons. The van der Waals surface area contributed by atoms with Crippen LogP contribution in [0.1, 0.15) is 11.1 Å². The van der Waals surface area contributed by atoms with E-state index in [-0.39, 0.29) is 0 Å². The first kappa shape index (κ1) is 11.0. The van der Waals surface area contributed by atoms with Gasteiger partial charge in [0.15, 0.2) is 0 Å². The Balaban J connectivity index is 2.08. The zero-order valence-corrected chi connectivity index (χ0v) is 10.00. The molecule has 2 rings (SSSR count). The lowest BCUT2D eigenvalue weighted by Gasteiger charge is -2.07.